The highest BCUT2D eigenvalue weighted by molar-refractivity contribution is 5.91. The number of carbonyl (C=O) groups excluding carboxylic acids is 1. The van der Waals surface area contributed by atoms with Crippen molar-refractivity contribution in [3.8, 4) is 5.75 Å². The van der Waals surface area contributed by atoms with Crippen LogP contribution >= 0.6 is 24.8 Å². The van der Waals surface area contributed by atoms with Crippen molar-refractivity contribution in [1.29, 1.82) is 0 Å². The van der Waals surface area contributed by atoms with E-state index in [1.807, 2.05) is 67.6 Å². The number of pyridine rings is 2. The number of fused-ring (bicyclic) bond motifs is 1. The van der Waals surface area contributed by atoms with Crippen molar-refractivity contribution in [2.75, 3.05) is 25.0 Å². The van der Waals surface area contributed by atoms with Gasteiger partial charge < -0.3 is 14.6 Å². The first-order chi connectivity index (χ1) is 17.5. The molecule has 0 atom stereocenters. The minimum absolute atomic E-state index is 0. The molecule has 1 amide bonds. The largest absolute Gasteiger partial charge is 0.494 e. The molecule has 0 radical (unpaired) electrons. The average molecular weight is 558 g/mol. The van der Waals surface area contributed by atoms with Gasteiger partial charge in [0.05, 0.1) is 12.1 Å². The Hall–Kier alpha value is -3.39. The Kier molecular flexibility index (Phi) is 12.3. The lowest BCUT2D eigenvalue weighted by atomic mass is 10.2. The molecule has 7 nitrogen and oxygen atoms in total. The molecule has 0 aliphatic carbocycles. The highest BCUT2D eigenvalue weighted by atomic mass is 35.5. The van der Waals surface area contributed by atoms with E-state index in [0.717, 1.165) is 53.0 Å². The Morgan fingerprint density at radius 2 is 1.76 bits per heavy atom. The summed E-state index contributed by atoms with van der Waals surface area (Å²) in [6.45, 7) is 4.72. The first-order valence-corrected chi connectivity index (χ1v) is 12.2. The molecule has 2 aromatic heterocycles. The van der Waals surface area contributed by atoms with E-state index in [9.17, 15) is 9.59 Å². The van der Waals surface area contributed by atoms with Crippen LogP contribution in [0.25, 0.3) is 10.9 Å². The Bertz CT molecular complexity index is 1380. The molecule has 4 aromatic rings. The van der Waals surface area contributed by atoms with Crippen molar-refractivity contribution in [2.45, 2.75) is 26.3 Å². The Labute approximate surface area is 235 Å². The first-order valence-electron chi connectivity index (χ1n) is 12.2. The molecule has 0 unspecified atom stereocenters. The molecule has 9 heteroatoms. The fourth-order valence-corrected chi connectivity index (χ4v) is 4.13. The number of aromatic nitrogens is 2. The van der Waals surface area contributed by atoms with Crippen LogP contribution in [0.3, 0.4) is 0 Å². The number of nitrogens with one attached hydrogen (secondary N) is 1. The molecular formula is C29H34Cl2N4O3. The number of para-hydroxylation sites is 1. The topological polar surface area (TPSA) is 76.5 Å². The van der Waals surface area contributed by atoms with Crippen LogP contribution in [0.4, 0.5) is 5.69 Å². The molecule has 0 spiro atoms. The molecule has 2 heterocycles. The minimum atomic E-state index is -0.0296. The maximum absolute atomic E-state index is 12.6. The second kappa shape index (κ2) is 15.1. The summed E-state index contributed by atoms with van der Waals surface area (Å²) >= 11 is 0. The first kappa shape index (κ1) is 30.8. The lowest BCUT2D eigenvalue weighted by molar-refractivity contribution is -0.116. The van der Waals surface area contributed by atoms with E-state index in [1.54, 1.807) is 30.1 Å². The van der Waals surface area contributed by atoms with Crippen molar-refractivity contribution in [2.24, 2.45) is 7.05 Å². The Morgan fingerprint density at radius 1 is 1.00 bits per heavy atom. The fraction of sp³-hybridized carbons (Fsp3) is 0.276. The molecule has 0 aliphatic heterocycles. The number of rotatable bonds is 11. The van der Waals surface area contributed by atoms with E-state index in [1.165, 1.54) is 0 Å². The lowest BCUT2D eigenvalue weighted by Gasteiger charge is -2.22. The molecule has 1 N–H and O–H groups in total. The smallest absolute Gasteiger partial charge is 0.250 e. The molecule has 0 saturated heterocycles. The van der Waals surface area contributed by atoms with Crippen molar-refractivity contribution < 1.29 is 9.53 Å². The molecule has 2 aromatic carbocycles. The van der Waals surface area contributed by atoms with Gasteiger partial charge >= 0.3 is 0 Å². The number of hydrogen-bond donors (Lipinski definition) is 1. The lowest BCUT2D eigenvalue weighted by Crippen LogP contribution is -2.29. The summed E-state index contributed by atoms with van der Waals surface area (Å²) in [5, 5.41) is 3.98. The highest BCUT2D eigenvalue weighted by Crippen LogP contribution is 2.19. The fourth-order valence-electron chi connectivity index (χ4n) is 4.13. The van der Waals surface area contributed by atoms with E-state index in [2.05, 4.69) is 15.2 Å². The summed E-state index contributed by atoms with van der Waals surface area (Å²) in [5.74, 6) is 0.783. The molecule has 0 bridgehead atoms. The Balaban J connectivity index is 0.00000253. The third-order valence-electron chi connectivity index (χ3n) is 6.21. The van der Waals surface area contributed by atoms with Crippen LogP contribution in [0.1, 0.15) is 24.0 Å². The van der Waals surface area contributed by atoms with Gasteiger partial charge in [-0.3, -0.25) is 19.5 Å². The summed E-state index contributed by atoms with van der Waals surface area (Å²) in [7, 11) is 1.77. The van der Waals surface area contributed by atoms with E-state index in [4.69, 9.17) is 4.74 Å². The van der Waals surface area contributed by atoms with Crippen LogP contribution in [0.2, 0.25) is 0 Å². The van der Waals surface area contributed by atoms with E-state index in [0.29, 0.717) is 19.6 Å². The van der Waals surface area contributed by atoms with Crippen LogP contribution in [0.15, 0.2) is 83.9 Å². The van der Waals surface area contributed by atoms with Gasteiger partial charge in [-0.15, -0.1) is 24.8 Å². The second-order valence-corrected chi connectivity index (χ2v) is 8.90. The van der Waals surface area contributed by atoms with Crippen LogP contribution in [-0.4, -0.2) is 40.1 Å². The number of benzene rings is 2. The molecule has 0 fully saturated rings. The number of amides is 1. The third-order valence-corrected chi connectivity index (χ3v) is 6.21. The van der Waals surface area contributed by atoms with Gasteiger partial charge in [0.1, 0.15) is 5.75 Å². The molecule has 38 heavy (non-hydrogen) atoms. The van der Waals surface area contributed by atoms with Crippen LogP contribution < -0.4 is 15.6 Å². The number of carbonyl (C=O) groups is 1. The van der Waals surface area contributed by atoms with Gasteiger partial charge in [-0.25, -0.2) is 0 Å². The SMILES string of the molecule is Cc1ccccc1NC(=O)CCN(CCCOc1ccc2c(ccc(=O)n2C)c1)Cc1ccncc1.Cl.Cl. The van der Waals surface area contributed by atoms with Gasteiger partial charge in [-0.05, 0) is 66.9 Å². The quantitative estimate of drug-likeness (QED) is 0.251. The molecule has 202 valence electrons. The van der Waals surface area contributed by atoms with Crippen molar-refractivity contribution in [1.82, 2.24) is 14.5 Å². The maximum atomic E-state index is 12.6. The number of ether oxygens (including phenoxy) is 1. The second-order valence-electron chi connectivity index (χ2n) is 8.90. The minimum Gasteiger partial charge on any atom is -0.494 e. The van der Waals surface area contributed by atoms with Gasteiger partial charge in [0.2, 0.25) is 5.91 Å². The molecule has 0 aliphatic rings. The number of anilines is 1. The maximum Gasteiger partial charge on any atom is 0.250 e. The summed E-state index contributed by atoms with van der Waals surface area (Å²) in [5.41, 5.74) is 3.91. The van der Waals surface area contributed by atoms with Crippen LogP contribution in [0.5, 0.6) is 5.75 Å². The summed E-state index contributed by atoms with van der Waals surface area (Å²) in [6, 6.07) is 21.0. The zero-order chi connectivity index (χ0) is 25.3. The van der Waals surface area contributed by atoms with Crippen molar-refractivity contribution >= 4 is 47.3 Å². The standard InChI is InChI=1S/C29H32N4O3.2ClH/c1-22-6-3-4-7-26(22)31-28(34)14-18-33(21-23-12-15-30-16-13-23)17-5-19-36-25-9-10-27-24(20-25)8-11-29(35)32(27)2;;/h3-4,6-13,15-16,20H,5,14,17-19,21H2,1-2H3,(H,31,34);2*1H. The van der Waals surface area contributed by atoms with Gasteiger partial charge in [-0.1, -0.05) is 18.2 Å². The molecule has 0 saturated carbocycles. The summed E-state index contributed by atoms with van der Waals surface area (Å²) in [4.78, 5) is 30.8. The predicted octanol–water partition coefficient (Wildman–Crippen LogP) is 5.39. The van der Waals surface area contributed by atoms with E-state index >= 15 is 0 Å². The number of aryl methyl sites for hydroxylation is 2. The molecule has 4 rings (SSSR count). The van der Waals surface area contributed by atoms with Crippen molar-refractivity contribution in [3.05, 3.63) is 101 Å². The summed E-state index contributed by atoms with van der Waals surface area (Å²) < 4.78 is 7.63. The predicted molar refractivity (Wildman–Crippen MR) is 158 cm³/mol. The highest BCUT2D eigenvalue weighted by Gasteiger charge is 2.11. The van der Waals surface area contributed by atoms with Crippen molar-refractivity contribution in [3.63, 3.8) is 0 Å². The number of nitrogens with zero attached hydrogens (tertiary/aromatic N) is 3. The van der Waals surface area contributed by atoms with Crippen LogP contribution in [-0.2, 0) is 18.4 Å². The van der Waals surface area contributed by atoms with Gasteiger partial charge in [0, 0.05) is 62.6 Å². The monoisotopic (exact) mass is 556 g/mol. The van der Waals surface area contributed by atoms with Gasteiger partial charge in [0.25, 0.3) is 5.56 Å². The van der Waals surface area contributed by atoms with E-state index < -0.39 is 0 Å². The normalized spacial score (nSPS) is 10.5. The number of halogens is 2. The van der Waals surface area contributed by atoms with Gasteiger partial charge in [-0.2, -0.15) is 0 Å². The van der Waals surface area contributed by atoms with E-state index in [-0.39, 0.29) is 36.3 Å². The summed E-state index contributed by atoms with van der Waals surface area (Å²) in [6.07, 6.45) is 4.80. The zero-order valence-electron chi connectivity index (χ0n) is 21.6. The van der Waals surface area contributed by atoms with Gasteiger partial charge in [0.15, 0.2) is 0 Å². The average Bonchev–Trinajstić information content (AvgIpc) is 2.89. The Morgan fingerprint density at radius 3 is 2.53 bits per heavy atom. The van der Waals surface area contributed by atoms with Crippen LogP contribution in [0, 0.1) is 6.92 Å². The zero-order valence-corrected chi connectivity index (χ0v) is 23.3. The number of hydrogen-bond acceptors (Lipinski definition) is 5. The third kappa shape index (κ3) is 8.58. The molecular weight excluding hydrogens is 523 g/mol.